The summed E-state index contributed by atoms with van der Waals surface area (Å²) in [4.78, 5) is 34.5. The van der Waals surface area contributed by atoms with E-state index in [-0.39, 0.29) is 14.8 Å². The van der Waals surface area contributed by atoms with Crippen LogP contribution >= 0.6 is 24.0 Å². The van der Waals surface area contributed by atoms with E-state index in [4.69, 9.17) is 12.2 Å². The lowest BCUT2D eigenvalue weighted by Gasteiger charge is -2.14. The number of carbonyl (C=O) groups excluding carboxylic acids is 3. The number of benzene rings is 1. The molecule has 0 unspecified atom stereocenters. The minimum Gasteiger partial charge on any atom is -0.548 e. The predicted octanol–water partition coefficient (Wildman–Crippen LogP) is -0.999. The fourth-order valence-corrected chi connectivity index (χ4v) is 2.93. The molecule has 8 heteroatoms. The Balaban J connectivity index is 2.28. The molecule has 0 spiro atoms. The number of rotatable bonds is 4. The van der Waals surface area contributed by atoms with Crippen molar-refractivity contribution in [3.05, 3.63) is 40.3 Å². The van der Waals surface area contributed by atoms with Gasteiger partial charge in [0.1, 0.15) is 4.32 Å². The summed E-state index contributed by atoms with van der Waals surface area (Å²) < 4.78 is 0.117. The van der Waals surface area contributed by atoms with Gasteiger partial charge in [-0.1, -0.05) is 42.2 Å². The number of carboxylic acid groups (broad SMARTS) is 2. The van der Waals surface area contributed by atoms with E-state index >= 15 is 0 Å². The van der Waals surface area contributed by atoms with E-state index in [0.717, 1.165) is 16.7 Å². The molecule has 0 aromatic heterocycles. The van der Waals surface area contributed by atoms with Crippen LogP contribution in [0.5, 0.6) is 0 Å². The number of carbonyl (C=O) groups is 3. The zero-order valence-corrected chi connectivity index (χ0v) is 12.0. The Kier molecular flexibility index (Phi) is 4.39. The molecule has 1 saturated heterocycles. The van der Waals surface area contributed by atoms with E-state index in [1.807, 2.05) is 0 Å². The third kappa shape index (κ3) is 3.47. The van der Waals surface area contributed by atoms with Gasteiger partial charge in [-0.2, -0.15) is 0 Å². The number of aliphatic carboxylic acids is 1. The number of carboxylic acids is 2. The number of thiocarbonyl (C=S) groups is 1. The lowest BCUT2D eigenvalue weighted by Crippen LogP contribution is -2.40. The number of amides is 1. The monoisotopic (exact) mass is 321 g/mol. The Morgan fingerprint density at radius 2 is 2.05 bits per heavy atom. The Bertz CT molecular complexity index is 683. The zero-order valence-electron chi connectivity index (χ0n) is 10.4. The summed E-state index contributed by atoms with van der Waals surface area (Å²) in [6.45, 7) is -0.610. The fourth-order valence-electron chi connectivity index (χ4n) is 1.67. The van der Waals surface area contributed by atoms with Crippen molar-refractivity contribution >= 4 is 52.2 Å². The van der Waals surface area contributed by atoms with Gasteiger partial charge in [0.15, 0.2) is 0 Å². The molecule has 2 rings (SSSR count). The molecule has 0 bridgehead atoms. The van der Waals surface area contributed by atoms with Crippen LogP contribution in [-0.4, -0.2) is 33.6 Å². The molecular formula is C13H7NO5S2-2. The molecule has 0 N–H and O–H groups in total. The van der Waals surface area contributed by atoms with Gasteiger partial charge in [0.25, 0.3) is 5.91 Å². The van der Waals surface area contributed by atoms with Crippen LogP contribution in [0.3, 0.4) is 0 Å². The second-order valence-electron chi connectivity index (χ2n) is 4.05. The summed E-state index contributed by atoms with van der Waals surface area (Å²) >= 11 is 5.88. The van der Waals surface area contributed by atoms with Gasteiger partial charge >= 0.3 is 0 Å². The highest BCUT2D eigenvalue weighted by atomic mass is 32.2. The van der Waals surface area contributed by atoms with Gasteiger partial charge in [-0.15, -0.1) is 0 Å². The first-order valence-corrected chi connectivity index (χ1v) is 6.87. The van der Waals surface area contributed by atoms with Crippen molar-refractivity contribution in [3.8, 4) is 0 Å². The minimum atomic E-state index is -1.41. The van der Waals surface area contributed by atoms with Gasteiger partial charge in [0, 0.05) is 0 Å². The molecule has 1 heterocycles. The van der Waals surface area contributed by atoms with Crippen molar-refractivity contribution in [2.75, 3.05) is 6.54 Å². The van der Waals surface area contributed by atoms with Gasteiger partial charge in [-0.25, -0.2) is 0 Å². The third-order valence-electron chi connectivity index (χ3n) is 2.58. The standard InChI is InChI=1S/C13H9NO5S2/c15-10(16)6-14-11(17)9(21-13(14)20)5-7-2-1-3-8(4-7)12(18)19/h1-5H,6H2,(H,15,16)(H,18,19)/p-2/b9-5-. The van der Waals surface area contributed by atoms with Crippen LogP contribution < -0.4 is 10.2 Å². The molecule has 1 amide bonds. The number of aromatic carboxylic acids is 1. The molecule has 108 valence electrons. The highest BCUT2D eigenvalue weighted by molar-refractivity contribution is 8.26. The molecule has 1 aromatic carbocycles. The quantitative estimate of drug-likeness (QED) is 0.518. The maximum Gasteiger partial charge on any atom is 0.266 e. The SMILES string of the molecule is O=C([O-])CN1C(=O)/C(=C/c2cccc(C(=O)[O-])c2)SC1=S. The first-order valence-electron chi connectivity index (χ1n) is 5.65. The molecular weight excluding hydrogens is 314 g/mol. The lowest BCUT2D eigenvalue weighted by molar-refractivity contribution is -0.305. The number of hydrogen-bond acceptors (Lipinski definition) is 7. The number of hydrogen-bond donors (Lipinski definition) is 0. The molecule has 0 aliphatic carbocycles. The Morgan fingerprint density at radius 3 is 2.67 bits per heavy atom. The van der Waals surface area contributed by atoms with Crippen molar-refractivity contribution < 1.29 is 24.6 Å². The maximum atomic E-state index is 12.0. The van der Waals surface area contributed by atoms with E-state index in [1.165, 1.54) is 24.3 Å². The van der Waals surface area contributed by atoms with E-state index < -0.39 is 24.4 Å². The first kappa shape index (κ1) is 15.2. The maximum absolute atomic E-state index is 12.0. The normalized spacial score (nSPS) is 16.6. The highest BCUT2D eigenvalue weighted by Crippen LogP contribution is 2.32. The average Bonchev–Trinajstić information content (AvgIpc) is 2.66. The van der Waals surface area contributed by atoms with E-state index in [2.05, 4.69) is 0 Å². The highest BCUT2D eigenvalue weighted by Gasteiger charge is 2.31. The number of thioether (sulfide) groups is 1. The van der Waals surface area contributed by atoms with E-state index in [9.17, 15) is 24.6 Å². The predicted molar refractivity (Wildman–Crippen MR) is 75.7 cm³/mol. The largest absolute Gasteiger partial charge is 0.548 e. The van der Waals surface area contributed by atoms with Crippen LogP contribution in [0.2, 0.25) is 0 Å². The van der Waals surface area contributed by atoms with Crippen LogP contribution in [0.1, 0.15) is 15.9 Å². The van der Waals surface area contributed by atoms with Crippen molar-refractivity contribution in [1.29, 1.82) is 0 Å². The van der Waals surface area contributed by atoms with Crippen molar-refractivity contribution in [2.24, 2.45) is 0 Å². The summed E-state index contributed by atoms with van der Waals surface area (Å²) in [6.07, 6.45) is 1.45. The third-order valence-corrected chi connectivity index (χ3v) is 3.96. The van der Waals surface area contributed by atoms with Crippen LogP contribution in [0.25, 0.3) is 6.08 Å². The van der Waals surface area contributed by atoms with Crippen LogP contribution in [0.15, 0.2) is 29.2 Å². The number of nitrogens with zero attached hydrogens (tertiary/aromatic N) is 1. The molecule has 1 fully saturated rings. The van der Waals surface area contributed by atoms with Crippen molar-refractivity contribution in [1.82, 2.24) is 4.90 Å². The summed E-state index contributed by atoms with van der Waals surface area (Å²) in [5, 5.41) is 21.3. The Morgan fingerprint density at radius 1 is 1.33 bits per heavy atom. The minimum absolute atomic E-state index is 0.0195. The molecule has 0 radical (unpaired) electrons. The van der Waals surface area contributed by atoms with Crippen molar-refractivity contribution in [3.63, 3.8) is 0 Å². The summed E-state index contributed by atoms with van der Waals surface area (Å²) in [5.74, 6) is -3.28. The second-order valence-corrected chi connectivity index (χ2v) is 5.73. The van der Waals surface area contributed by atoms with Crippen molar-refractivity contribution in [2.45, 2.75) is 0 Å². The van der Waals surface area contributed by atoms with Gasteiger partial charge in [-0.05, 0) is 23.3 Å². The molecule has 1 aliphatic heterocycles. The molecule has 6 nitrogen and oxygen atoms in total. The fraction of sp³-hybridized carbons (Fsp3) is 0.0769. The second kappa shape index (κ2) is 6.06. The van der Waals surface area contributed by atoms with Crippen LogP contribution in [0.4, 0.5) is 0 Å². The molecule has 0 saturated carbocycles. The topological polar surface area (TPSA) is 101 Å². The lowest BCUT2D eigenvalue weighted by atomic mass is 10.1. The molecule has 21 heavy (non-hydrogen) atoms. The van der Waals surface area contributed by atoms with Gasteiger partial charge in [-0.3, -0.25) is 9.69 Å². The van der Waals surface area contributed by atoms with E-state index in [0.29, 0.717) is 5.56 Å². The first-order chi connectivity index (χ1) is 9.88. The summed E-state index contributed by atoms with van der Waals surface area (Å²) in [7, 11) is 0. The zero-order chi connectivity index (χ0) is 15.6. The molecule has 0 atom stereocenters. The Labute approximate surface area is 129 Å². The summed E-state index contributed by atoms with van der Waals surface area (Å²) in [6, 6.07) is 5.84. The van der Waals surface area contributed by atoms with Gasteiger partial charge < -0.3 is 19.8 Å². The average molecular weight is 321 g/mol. The van der Waals surface area contributed by atoms with Crippen LogP contribution in [0, 0.1) is 0 Å². The molecule has 1 aromatic rings. The van der Waals surface area contributed by atoms with Gasteiger partial charge in [0.05, 0.1) is 23.4 Å². The smallest absolute Gasteiger partial charge is 0.266 e. The molecule has 1 aliphatic rings. The van der Waals surface area contributed by atoms with E-state index in [1.54, 1.807) is 6.07 Å². The van der Waals surface area contributed by atoms with Crippen LogP contribution in [-0.2, 0) is 9.59 Å². The van der Waals surface area contributed by atoms with Gasteiger partial charge in [0.2, 0.25) is 0 Å². The summed E-state index contributed by atoms with van der Waals surface area (Å²) in [5.41, 5.74) is 0.458. The Hall–Kier alpha value is -2.19.